The fourth-order valence-corrected chi connectivity index (χ4v) is 3.00. The van der Waals surface area contributed by atoms with Gasteiger partial charge >= 0.3 is 21.6 Å². The number of benzene rings is 3. The first-order valence-corrected chi connectivity index (χ1v) is 10.6. The molecule has 10 heteroatoms. The lowest BCUT2D eigenvalue weighted by Crippen LogP contribution is -2.28. The minimum atomic E-state index is -5.89. The molecule has 0 saturated heterocycles. The van der Waals surface area contributed by atoms with Crippen molar-refractivity contribution in [1.82, 2.24) is 0 Å². The van der Waals surface area contributed by atoms with Gasteiger partial charge < -0.3 is 13.7 Å². The van der Waals surface area contributed by atoms with E-state index in [0.717, 1.165) is 23.8 Å². The van der Waals surface area contributed by atoms with Crippen molar-refractivity contribution < 1.29 is 40.0 Å². The Kier molecular flexibility index (Phi) is 7.04. The fraction of sp³-hybridized carbons (Fsp3) is 0.136. The summed E-state index contributed by atoms with van der Waals surface area (Å²) in [6.07, 6.45) is 0. The first kappa shape index (κ1) is 23.1. The number of carbonyl (C=O) groups excluding carboxylic acids is 1. The lowest BCUT2D eigenvalue weighted by Gasteiger charge is -2.14. The zero-order valence-corrected chi connectivity index (χ0v) is 17.2. The number of ether oxygens (including phenoxy) is 2. The average Bonchev–Trinajstić information content (AvgIpc) is 2.76. The van der Waals surface area contributed by atoms with Crippen LogP contribution >= 0.6 is 0 Å². The highest BCUT2D eigenvalue weighted by Crippen LogP contribution is 2.31. The van der Waals surface area contributed by atoms with Crippen molar-refractivity contribution in [1.29, 1.82) is 0 Å². The van der Waals surface area contributed by atoms with Crippen molar-refractivity contribution in [2.45, 2.75) is 18.7 Å². The third kappa shape index (κ3) is 6.01. The first-order valence-electron chi connectivity index (χ1n) is 9.18. The van der Waals surface area contributed by atoms with Crippen LogP contribution in [-0.2, 0) is 28.1 Å². The fourth-order valence-electron chi connectivity index (χ4n) is 2.55. The van der Waals surface area contributed by atoms with Crippen LogP contribution in [0.2, 0.25) is 0 Å². The van der Waals surface area contributed by atoms with Gasteiger partial charge in [0.25, 0.3) is 0 Å². The van der Waals surface area contributed by atoms with Crippen molar-refractivity contribution in [3.8, 4) is 11.5 Å². The van der Waals surface area contributed by atoms with E-state index in [1.807, 2.05) is 0 Å². The first-order chi connectivity index (χ1) is 15.2. The third-order valence-corrected chi connectivity index (χ3v) is 5.09. The van der Waals surface area contributed by atoms with Gasteiger partial charge in [-0.25, -0.2) is 4.79 Å². The Labute approximate surface area is 182 Å². The number of carbonyl (C=O) groups is 1. The average molecular weight is 466 g/mol. The Morgan fingerprint density at radius 1 is 0.812 bits per heavy atom. The van der Waals surface area contributed by atoms with Crippen LogP contribution in [0.1, 0.15) is 21.5 Å². The van der Waals surface area contributed by atoms with E-state index in [1.54, 1.807) is 60.7 Å². The van der Waals surface area contributed by atoms with Crippen LogP contribution in [0.3, 0.4) is 0 Å². The van der Waals surface area contributed by atoms with E-state index in [0.29, 0.717) is 5.56 Å². The molecular weight excluding hydrogens is 449 g/mol. The summed E-state index contributed by atoms with van der Waals surface area (Å²) in [6, 6.07) is 20.5. The normalized spacial score (nSPS) is 11.6. The molecule has 168 valence electrons. The zero-order valence-electron chi connectivity index (χ0n) is 16.4. The molecule has 0 aliphatic rings. The Morgan fingerprint density at radius 2 is 1.38 bits per heavy atom. The molecule has 0 saturated carbocycles. The largest absolute Gasteiger partial charge is 0.534 e. The second-order valence-electron chi connectivity index (χ2n) is 6.48. The molecule has 0 aromatic heterocycles. The standard InChI is InChI=1S/C22H17F3O6S/c23-22(24,25)32(27,28)31-18-11-12-19(21(26)30-15-17-9-5-2-6-10-17)20(13-18)29-14-16-7-3-1-4-8-16/h1-13H,14-15H2. The molecule has 6 nitrogen and oxygen atoms in total. The minimum absolute atomic E-state index is 0.0325. The van der Waals surface area contributed by atoms with Gasteiger partial charge in [0.1, 0.15) is 30.3 Å². The number of halogens is 3. The van der Waals surface area contributed by atoms with Gasteiger partial charge in [0, 0.05) is 6.07 Å². The maximum Gasteiger partial charge on any atom is 0.534 e. The van der Waals surface area contributed by atoms with Gasteiger partial charge in [-0.3, -0.25) is 0 Å². The Bertz CT molecular complexity index is 1160. The predicted octanol–water partition coefficient (Wildman–Crippen LogP) is 4.85. The molecule has 3 aromatic rings. The highest BCUT2D eigenvalue weighted by molar-refractivity contribution is 7.88. The quantitative estimate of drug-likeness (QED) is 0.268. The summed E-state index contributed by atoms with van der Waals surface area (Å²) < 4.78 is 75.5. The summed E-state index contributed by atoms with van der Waals surface area (Å²) in [5.74, 6) is -1.66. The van der Waals surface area contributed by atoms with Crippen molar-refractivity contribution in [2.75, 3.05) is 0 Å². The number of rotatable bonds is 8. The van der Waals surface area contributed by atoms with Gasteiger partial charge in [0.05, 0.1) is 0 Å². The molecule has 3 aromatic carbocycles. The van der Waals surface area contributed by atoms with Crippen LogP contribution in [0.15, 0.2) is 78.9 Å². The summed E-state index contributed by atoms with van der Waals surface area (Å²) in [5, 5.41) is 0. The number of esters is 1. The molecule has 32 heavy (non-hydrogen) atoms. The highest BCUT2D eigenvalue weighted by atomic mass is 32.2. The molecule has 0 atom stereocenters. The van der Waals surface area contributed by atoms with Crippen LogP contribution in [0.4, 0.5) is 13.2 Å². The van der Waals surface area contributed by atoms with E-state index < -0.39 is 27.3 Å². The van der Waals surface area contributed by atoms with Gasteiger partial charge in [0.2, 0.25) is 0 Å². The van der Waals surface area contributed by atoms with Gasteiger partial charge in [-0.1, -0.05) is 60.7 Å². The van der Waals surface area contributed by atoms with E-state index in [2.05, 4.69) is 4.18 Å². The molecule has 0 amide bonds. The molecule has 0 radical (unpaired) electrons. The monoisotopic (exact) mass is 466 g/mol. The number of hydrogen-bond donors (Lipinski definition) is 0. The molecule has 0 N–H and O–H groups in total. The van der Waals surface area contributed by atoms with E-state index in [9.17, 15) is 26.4 Å². The van der Waals surface area contributed by atoms with Crippen LogP contribution in [0, 0.1) is 0 Å². The molecular formula is C22H17F3O6S. The summed E-state index contributed by atoms with van der Waals surface area (Å²) in [6.45, 7) is -0.0756. The van der Waals surface area contributed by atoms with E-state index in [1.165, 1.54) is 0 Å². The van der Waals surface area contributed by atoms with E-state index in [4.69, 9.17) is 9.47 Å². The van der Waals surface area contributed by atoms with Gasteiger partial charge in [-0.15, -0.1) is 0 Å². The third-order valence-electron chi connectivity index (χ3n) is 4.11. The number of alkyl halides is 3. The smallest absolute Gasteiger partial charge is 0.488 e. The van der Waals surface area contributed by atoms with Crippen LogP contribution < -0.4 is 8.92 Å². The SMILES string of the molecule is O=C(OCc1ccccc1)c1ccc(OS(=O)(=O)C(F)(F)F)cc1OCc1ccccc1. The predicted molar refractivity (Wildman–Crippen MR) is 108 cm³/mol. The second kappa shape index (κ2) is 9.73. The van der Waals surface area contributed by atoms with Crippen LogP contribution in [0.5, 0.6) is 11.5 Å². The van der Waals surface area contributed by atoms with E-state index >= 15 is 0 Å². The molecule has 0 aliphatic carbocycles. The van der Waals surface area contributed by atoms with Crippen molar-refractivity contribution in [2.24, 2.45) is 0 Å². The summed E-state index contributed by atoms with van der Waals surface area (Å²) in [4.78, 5) is 12.6. The molecule has 0 bridgehead atoms. The molecule has 0 heterocycles. The Morgan fingerprint density at radius 3 is 1.94 bits per heavy atom. The molecule has 3 rings (SSSR count). The summed E-state index contributed by atoms with van der Waals surface area (Å²) >= 11 is 0. The molecule has 0 fully saturated rings. The summed E-state index contributed by atoms with van der Waals surface area (Å²) in [5.41, 5.74) is -4.27. The molecule has 0 aliphatic heterocycles. The maximum atomic E-state index is 12.6. The van der Waals surface area contributed by atoms with Crippen molar-refractivity contribution in [3.63, 3.8) is 0 Å². The van der Waals surface area contributed by atoms with Crippen molar-refractivity contribution in [3.05, 3.63) is 95.6 Å². The highest BCUT2D eigenvalue weighted by Gasteiger charge is 2.48. The molecule has 0 unspecified atom stereocenters. The Hall–Kier alpha value is -3.53. The van der Waals surface area contributed by atoms with Crippen LogP contribution in [-0.4, -0.2) is 19.9 Å². The van der Waals surface area contributed by atoms with Gasteiger partial charge in [-0.05, 0) is 23.3 Å². The summed E-state index contributed by atoms with van der Waals surface area (Å²) in [7, 11) is -5.89. The molecule has 0 spiro atoms. The van der Waals surface area contributed by atoms with E-state index in [-0.39, 0.29) is 24.5 Å². The van der Waals surface area contributed by atoms with Gasteiger partial charge in [0.15, 0.2) is 0 Å². The topological polar surface area (TPSA) is 78.9 Å². The van der Waals surface area contributed by atoms with Crippen LogP contribution in [0.25, 0.3) is 0 Å². The second-order valence-corrected chi connectivity index (χ2v) is 8.01. The maximum absolute atomic E-state index is 12.6. The zero-order chi connectivity index (χ0) is 23.2. The van der Waals surface area contributed by atoms with Gasteiger partial charge in [-0.2, -0.15) is 21.6 Å². The lowest BCUT2D eigenvalue weighted by molar-refractivity contribution is -0.0500. The van der Waals surface area contributed by atoms with Crippen molar-refractivity contribution >= 4 is 16.1 Å². The number of hydrogen-bond acceptors (Lipinski definition) is 6. The Balaban J connectivity index is 1.84. The minimum Gasteiger partial charge on any atom is -0.488 e. The lowest BCUT2D eigenvalue weighted by atomic mass is 10.2.